The van der Waals surface area contributed by atoms with E-state index in [1.807, 2.05) is 16.9 Å². The van der Waals surface area contributed by atoms with Crippen molar-refractivity contribution in [2.24, 2.45) is 0 Å². The zero-order valence-electron chi connectivity index (χ0n) is 8.15. The Bertz CT molecular complexity index is 404. The van der Waals surface area contributed by atoms with E-state index >= 15 is 0 Å². The van der Waals surface area contributed by atoms with Gasteiger partial charge in [-0.2, -0.15) is 10.1 Å². The molecule has 0 amide bonds. The van der Waals surface area contributed by atoms with Gasteiger partial charge in [-0.1, -0.05) is 5.16 Å². The molecule has 15 heavy (non-hydrogen) atoms. The van der Waals surface area contributed by atoms with Crippen LogP contribution in [-0.4, -0.2) is 37.9 Å². The van der Waals surface area contributed by atoms with E-state index in [2.05, 4.69) is 20.1 Å². The van der Waals surface area contributed by atoms with Gasteiger partial charge >= 0.3 is 0 Å². The van der Waals surface area contributed by atoms with Crippen molar-refractivity contribution in [1.29, 1.82) is 0 Å². The van der Waals surface area contributed by atoms with Crippen LogP contribution in [0.5, 0.6) is 0 Å². The molecule has 3 rings (SSSR count). The Labute approximate surface area is 86.5 Å². The number of likely N-dealkylation sites (tertiary alicyclic amines) is 1. The van der Waals surface area contributed by atoms with Crippen LogP contribution in [0, 0.1) is 0 Å². The summed E-state index contributed by atoms with van der Waals surface area (Å²) in [5.41, 5.74) is 0. The summed E-state index contributed by atoms with van der Waals surface area (Å²) in [6, 6.07) is 2.43. The van der Waals surface area contributed by atoms with Crippen LogP contribution in [0.4, 0.5) is 0 Å². The molecule has 2 aromatic heterocycles. The minimum absolute atomic E-state index is 0.489. The fourth-order valence-corrected chi connectivity index (χ4v) is 1.79. The van der Waals surface area contributed by atoms with Crippen LogP contribution in [0.2, 0.25) is 0 Å². The highest BCUT2D eigenvalue weighted by Crippen LogP contribution is 2.21. The number of hydrogen-bond acceptors (Lipinski definition) is 5. The molecule has 0 unspecified atom stereocenters. The lowest BCUT2D eigenvalue weighted by Crippen LogP contribution is -2.47. The molecule has 1 aliphatic heterocycles. The summed E-state index contributed by atoms with van der Waals surface area (Å²) in [6.07, 6.45) is 5.23. The van der Waals surface area contributed by atoms with Crippen LogP contribution < -0.4 is 0 Å². The molecule has 0 radical (unpaired) electrons. The molecule has 0 spiro atoms. The first-order chi connectivity index (χ1) is 7.42. The Morgan fingerprint density at radius 3 is 3.07 bits per heavy atom. The van der Waals surface area contributed by atoms with Crippen LogP contribution in [0.1, 0.15) is 11.9 Å². The average molecular weight is 205 g/mol. The van der Waals surface area contributed by atoms with Gasteiger partial charge in [-0.3, -0.25) is 9.58 Å². The number of aromatic nitrogens is 4. The van der Waals surface area contributed by atoms with Crippen molar-refractivity contribution in [3.8, 4) is 0 Å². The highest BCUT2D eigenvalue weighted by molar-refractivity contribution is 4.90. The van der Waals surface area contributed by atoms with Gasteiger partial charge in [-0.25, -0.2) is 0 Å². The monoisotopic (exact) mass is 205 g/mol. The van der Waals surface area contributed by atoms with Crippen molar-refractivity contribution >= 4 is 0 Å². The molecular weight excluding hydrogens is 194 g/mol. The molecule has 0 N–H and O–H groups in total. The lowest BCUT2D eigenvalue weighted by Gasteiger charge is -2.38. The van der Waals surface area contributed by atoms with E-state index in [4.69, 9.17) is 4.52 Å². The molecule has 0 aromatic carbocycles. The second-order valence-corrected chi connectivity index (χ2v) is 3.67. The van der Waals surface area contributed by atoms with E-state index in [9.17, 15) is 0 Å². The van der Waals surface area contributed by atoms with E-state index in [1.165, 1.54) is 6.33 Å². The number of rotatable bonds is 3. The SMILES string of the molecule is c1cnn(C2CN(Cc3ncno3)C2)c1. The standard InChI is InChI=1S/C9H11N5O/c1-2-11-14(3-1)8-4-13(5-8)6-9-10-7-12-15-9/h1-3,7-8H,4-6H2. The zero-order valence-corrected chi connectivity index (χ0v) is 8.15. The summed E-state index contributed by atoms with van der Waals surface area (Å²) < 4.78 is 6.93. The maximum absolute atomic E-state index is 4.94. The fourth-order valence-electron chi connectivity index (χ4n) is 1.79. The summed E-state index contributed by atoms with van der Waals surface area (Å²) in [7, 11) is 0. The maximum atomic E-state index is 4.94. The minimum Gasteiger partial charge on any atom is -0.338 e. The van der Waals surface area contributed by atoms with Gasteiger partial charge < -0.3 is 4.52 Å². The van der Waals surface area contributed by atoms with Gasteiger partial charge in [0, 0.05) is 25.5 Å². The Hall–Kier alpha value is -1.69. The molecule has 6 nitrogen and oxygen atoms in total. The van der Waals surface area contributed by atoms with Gasteiger partial charge in [-0.05, 0) is 6.07 Å². The van der Waals surface area contributed by atoms with Gasteiger partial charge in [-0.15, -0.1) is 0 Å². The van der Waals surface area contributed by atoms with Crippen LogP contribution in [-0.2, 0) is 6.54 Å². The highest BCUT2D eigenvalue weighted by Gasteiger charge is 2.29. The van der Waals surface area contributed by atoms with Gasteiger partial charge in [0.1, 0.15) is 0 Å². The Balaban J connectivity index is 1.54. The van der Waals surface area contributed by atoms with E-state index in [1.54, 1.807) is 6.20 Å². The van der Waals surface area contributed by atoms with Gasteiger partial charge in [0.25, 0.3) is 0 Å². The highest BCUT2D eigenvalue weighted by atomic mass is 16.5. The second-order valence-electron chi connectivity index (χ2n) is 3.67. The van der Waals surface area contributed by atoms with Crippen molar-refractivity contribution in [2.45, 2.75) is 12.6 Å². The summed E-state index contributed by atoms with van der Waals surface area (Å²) >= 11 is 0. The fraction of sp³-hybridized carbons (Fsp3) is 0.444. The Morgan fingerprint density at radius 2 is 2.40 bits per heavy atom. The molecule has 1 aliphatic rings. The topological polar surface area (TPSA) is 60.0 Å². The molecule has 2 aromatic rings. The minimum atomic E-state index is 0.489. The Kier molecular flexibility index (Phi) is 1.99. The van der Waals surface area contributed by atoms with Crippen LogP contribution >= 0.6 is 0 Å². The van der Waals surface area contributed by atoms with Gasteiger partial charge in [0.15, 0.2) is 6.33 Å². The predicted octanol–water partition coefficient (Wildman–Crippen LogP) is 0.323. The molecule has 1 fully saturated rings. The zero-order chi connectivity index (χ0) is 10.1. The summed E-state index contributed by atoms with van der Waals surface area (Å²) in [5, 5.41) is 7.78. The lowest BCUT2D eigenvalue weighted by atomic mass is 10.1. The maximum Gasteiger partial charge on any atom is 0.240 e. The second kappa shape index (κ2) is 3.47. The van der Waals surface area contributed by atoms with Gasteiger partial charge in [0.05, 0.1) is 12.6 Å². The molecule has 1 saturated heterocycles. The molecule has 3 heterocycles. The van der Waals surface area contributed by atoms with E-state index in [0.29, 0.717) is 11.9 Å². The molecular formula is C9H11N5O. The predicted molar refractivity (Wildman–Crippen MR) is 50.8 cm³/mol. The molecule has 0 aliphatic carbocycles. The molecule has 78 valence electrons. The van der Waals surface area contributed by atoms with E-state index < -0.39 is 0 Å². The van der Waals surface area contributed by atoms with E-state index in [0.717, 1.165) is 19.6 Å². The summed E-state index contributed by atoms with van der Waals surface area (Å²) in [4.78, 5) is 6.23. The summed E-state index contributed by atoms with van der Waals surface area (Å²) in [6.45, 7) is 2.71. The van der Waals surface area contributed by atoms with Gasteiger partial charge in [0.2, 0.25) is 5.89 Å². The number of nitrogens with zero attached hydrogens (tertiary/aromatic N) is 5. The smallest absolute Gasteiger partial charge is 0.240 e. The van der Waals surface area contributed by atoms with Crippen LogP contribution in [0.25, 0.3) is 0 Å². The molecule has 0 saturated carbocycles. The quantitative estimate of drug-likeness (QED) is 0.722. The van der Waals surface area contributed by atoms with Crippen molar-refractivity contribution in [2.75, 3.05) is 13.1 Å². The van der Waals surface area contributed by atoms with E-state index in [-0.39, 0.29) is 0 Å². The largest absolute Gasteiger partial charge is 0.338 e. The third-order valence-corrected chi connectivity index (χ3v) is 2.60. The first kappa shape index (κ1) is 8.60. The Morgan fingerprint density at radius 1 is 1.47 bits per heavy atom. The molecule has 0 bridgehead atoms. The first-order valence-corrected chi connectivity index (χ1v) is 4.89. The van der Waals surface area contributed by atoms with Crippen molar-refractivity contribution < 1.29 is 4.52 Å². The normalized spacial score (nSPS) is 17.9. The van der Waals surface area contributed by atoms with Crippen LogP contribution in [0.15, 0.2) is 29.3 Å². The van der Waals surface area contributed by atoms with Crippen molar-refractivity contribution in [1.82, 2.24) is 24.8 Å². The van der Waals surface area contributed by atoms with Crippen LogP contribution in [0.3, 0.4) is 0 Å². The summed E-state index contributed by atoms with van der Waals surface area (Å²) in [5.74, 6) is 0.675. The first-order valence-electron chi connectivity index (χ1n) is 4.89. The molecule has 0 atom stereocenters. The van der Waals surface area contributed by atoms with Crippen molar-refractivity contribution in [3.05, 3.63) is 30.7 Å². The average Bonchev–Trinajstić information content (AvgIpc) is 2.83. The van der Waals surface area contributed by atoms with Crippen molar-refractivity contribution in [3.63, 3.8) is 0 Å². The third kappa shape index (κ3) is 1.63. The molecule has 6 heteroatoms. The number of hydrogen-bond donors (Lipinski definition) is 0. The lowest BCUT2D eigenvalue weighted by molar-refractivity contribution is 0.0791. The third-order valence-electron chi connectivity index (χ3n) is 2.60.